The standard InChI is InChI=1S/C13H18BrNO3S/c1-2-18-13-6-5-12(7-11(13)8-14)15-19(16,17)9-10-3-4-10/h5-7,10,15H,2-4,8-9H2,1H3. The number of halogens is 1. The number of nitrogens with one attached hydrogen (secondary N) is 1. The molecule has 1 fully saturated rings. The molecular weight excluding hydrogens is 330 g/mol. The fraction of sp³-hybridized carbons (Fsp3) is 0.538. The summed E-state index contributed by atoms with van der Waals surface area (Å²) in [6, 6.07) is 5.35. The van der Waals surface area contributed by atoms with Crippen molar-refractivity contribution in [2.45, 2.75) is 25.1 Å². The third-order valence-electron chi connectivity index (χ3n) is 2.93. The van der Waals surface area contributed by atoms with Crippen LogP contribution in [-0.2, 0) is 15.4 Å². The molecule has 19 heavy (non-hydrogen) atoms. The molecule has 1 aromatic rings. The van der Waals surface area contributed by atoms with Gasteiger partial charge in [-0.05, 0) is 43.9 Å². The maximum Gasteiger partial charge on any atom is 0.232 e. The molecular formula is C13H18BrNO3S. The fourth-order valence-electron chi connectivity index (χ4n) is 1.86. The Bertz CT molecular complexity index is 541. The van der Waals surface area contributed by atoms with Crippen molar-refractivity contribution in [1.82, 2.24) is 0 Å². The summed E-state index contributed by atoms with van der Waals surface area (Å²) in [5.41, 5.74) is 1.53. The fourth-order valence-corrected chi connectivity index (χ4v) is 3.82. The number of hydrogen-bond donors (Lipinski definition) is 1. The minimum atomic E-state index is -3.23. The average Bonchev–Trinajstić information content (AvgIpc) is 3.14. The van der Waals surface area contributed by atoms with E-state index in [1.54, 1.807) is 12.1 Å². The molecule has 0 amide bonds. The van der Waals surface area contributed by atoms with Gasteiger partial charge >= 0.3 is 0 Å². The molecule has 0 atom stereocenters. The summed E-state index contributed by atoms with van der Waals surface area (Å²) in [5.74, 6) is 1.35. The van der Waals surface area contributed by atoms with Gasteiger partial charge in [0.2, 0.25) is 10.0 Å². The number of sulfonamides is 1. The molecule has 0 saturated heterocycles. The van der Waals surface area contributed by atoms with Crippen molar-refractivity contribution >= 4 is 31.6 Å². The number of rotatable bonds is 7. The van der Waals surface area contributed by atoms with Crippen LogP contribution in [0.15, 0.2) is 18.2 Å². The summed E-state index contributed by atoms with van der Waals surface area (Å²) in [7, 11) is -3.23. The van der Waals surface area contributed by atoms with Crippen molar-refractivity contribution in [2.75, 3.05) is 17.1 Å². The van der Waals surface area contributed by atoms with Crippen molar-refractivity contribution in [3.05, 3.63) is 23.8 Å². The first-order valence-corrected chi connectivity index (χ1v) is 9.13. The lowest BCUT2D eigenvalue weighted by Gasteiger charge is -2.12. The van der Waals surface area contributed by atoms with Crippen LogP contribution in [0, 0.1) is 5.92 Å². The van der Waals surface area contributed by atoms with Crippen LogP contribution in [0.4, 0.5) is 5.69 Å². The summed E-state index contributed by atoms with van der Waals surface area (Å²) in [6.45, 7) is 2.51. The highest BCUT2D eigenvalue weighted by Crippen LogP contribution is 2.31. The van der Waals surface area contributed by atoms with E-state index in [1.165, 1.54) is 0 Å². The van der Waals surface area contributed by atoms with Crippen molar-refractivity contribution in [2.24, 2.45) is 5.92 Å². The van der Waals surface area contributed by atoms with Gasteiger partial charge < -0.3 is 4.74 Å². The Hall–Kier alpha value is -0.750. The topological polar surface area (TPSA) is 55.4 Å². The molecule has 1 aromatic carbocycles. The molecule has 2 rings (SSSR count). The van der Waals surface area contributed by atoms with E-state index < -0.39 is 10.0 Å². The van der Waals surface area contributed by atoms with E-state index in [-0.39, 0.29) is 5.75 Å². The summed E-state index contributed by atoms with van der Waals surface area (Å²) in [5, 5.41) is 0.626. The van der Waals surface area contributed by atoms with Crippen LogP contribution in [-0.4, -0.2) is 20.8 Å². The Morgan fingerprint density at radius 1 is 1.42 bits per heavy atom. The molecule has 106 valence electrons. The summed E-state index contributed by atoms with van der Waals surface area (Å²) < 4.78 is 31.9. The van der Waals surface area contributed by atoms with Gasteiger partial charge in [0.25, 0.3) is 0 Å². The Morgan fingerprint density at radius 2 is 2.16 bits per heavy atom. The molecule has 0 heterocycles. The Morgan fingerprint density at radius 3 is 2.74 bits per heavy atom. The Labute approximate surface area is 122 Å². The van der Waals surface area contributed by atoms with E-state index in [9.17, 15) is 8.42 Å². The summed E-state index contributed by atoms with van der Waals surface area (Å²) >= 11 is 3.39. The van der Waals surface area contributed by atoms with Gasteiger partial charge in [-0.25, -0.2) is 8.42 Å². The SMILES string of the molecule is CCOc1ccc(NS(=O)(=O)CC2CC2)cc1CBr. The molecule has 0 aromatic heterocycles. The van der Waals surface area contributed by atoms with E-state index in [2.05, 4.69) is 20.7 Å². The number of hydrogen-bond acceptors (Lipinski definition) is 3. The van der Waals surface area contributed by atoms with Crippen molar-refractivity contribution in [3.8, 4) is 5.75 Å². The van der Waals surface area contributed by atoms with Crippen molar-refractivity contribution < 1.29 is 13.2 Å². The van der Waals surface area contributed by atoms with Gasteiger partial charge in [-0.3, -0.25) is 4.72 Å². The van der Waals surface area contributed by atoms with E-state index in [1.807, 2.05) is 13.0 Å². The van der Waals surface area contributed by atoms with Gasteiger partial charge in [0.1, 0.15) is 5.75 Å². The van der Waals surface area contributed by atoms with E-state index >= 15 is 0 Å². The summed E-state index contributed by atoms with van der Waals surface area (Å²) in [4.78, 5) is 0. The highest BCUT2D eigenvalue weighted by atomic mass is 79.9. The second-order valence-corrected chi connectivity index (χ2v) is 7.04. The van der Waals surface area contributed by atoms with Gasteiger partial charge in [-0.1, -0.05) is 15.9 Å². The molecule has 1 aliphatic rings. The smallest absolute Gasteiger partial charge is 0.232 e. The van der Waals surface area contributed by atoms with Gasteiger partial charge in [0.05, 0.1) is 12.4 Å². The lowest BCUT2D eigenvalue weighted by Crippen LogP contribution is -2.17. The minimum Gasteiger partial charge on any atom is -0.494 e. The maximum absolute atomic E-state index is 11.9. The minimum absolute atomic E-state index is 0.226. The Balaban J connectivity index is 2.11. The lowest BCUT2D eigenvalue weighted by molar-refractivity contribution is 0.338. The molecule has 1 aliphatic carbocycles. The zero-order valence-electron chi connectivity index (χ0n) is 10.9. The predicted octanol–water partition coefficient (Wildman–Crippen LogP) is 3.13. The molecule has 0 spiro atoms. The van der Waals surface area contributed by atoms with Crippen molar-refractivity contribution in [3.63, 3.8) is 0 Å². The van der Waals surface area contributed by atoms with Crippen LogP contribution in [0.5, 0.6) is 5.75 Å². The second kappa shape index (κ2) is 6.13. The first kappa shape index (κ1) is 14.7. The zero-order chi connectivity index (χ0) is 13.9. The van der Waals surface area contributed by atoms with E-state index in [4.69, 9.17) is 4.74 Å². The number of anilines is 1. The van der Waals surface area contributed by atoms with Crippen molar-refractivity contribution in [1.29, 1.82) is 0 Å². The molecule has 4 nitrogen and oxygen atoms in total. The third kappa shape index (κ3) is 4.38. The molecule has 0 unspecified atom stereocenters. The first-order valence-electron chi connectivity index (χ1n) is 6.36. The largest absolute Gasteiger partial charge is 0.494 e. The van der Waals surface area contributed by atoms with E-state index in [0.717, 1.165) is 24.2 Å². The van der Waals surface area contributed by atoms with Crippen LogP contribution >= 0.6 is 15.9 Å². The third-order valence-corrected chi connectivity index (χ3v) is 4.99. The first-order chi connectivity index (χ1) is 9.04. The van der Waals surface area contributed by atoms with Gasteiger partial charge in [0.15, 0.2) is 0 Å². The molecule has 0 radical (unpaired) electrons. The van der Waals surface area contributed by atoms with Crippen LogP contribution in [0.25, 0.3) is 0 Å². The zero-order valence-corrected chi connectivity index (χ0v) is 13.3. The molecule has 1 saturated carbocycles. The van der Waals surface area contributed by atoms with Gasteiger partial charge in [-0.2, -0.15) is 0 Å². The van der Waals surface area contributed by atoms with Gasteiger partial charge in [0, 0.05) is 16.6 Å². The number of benzene rings is 1. The highest BCUT2D eigenvalue weighted by Gasteiger charge is 2.28. The summed E-state index contributed by atoms with van der Waals surface area (Å²) in [6.07, 6.45) is 2.05. The number of alkyl halides is 1. The van der Waals surface area contributed by atoms with Gasteiger partial charge in [-0.15, -0.1) is 0 Å². The maximum atomic E-state index is 11.9. The lowest BCUT2D eigenvalue weighted by atomic mass is 10.2. The average molecular weight is 348 g/mol. The highest BCUT2D eigenvalue weighted by molar-refractivity contribution is 9.08. The molecule has 0 bridgehead atoms. The Kier molecular flexibility index (Phi) is 4.73. The second-order valence-electron chi connectivity index (χ2n) is 4.72. The van der Waals surface area contributed by atoms with Crippen LogP contribution in [0.3, 0.4) is 0 Å². The molecule has 0 aliphatic heterocycles. The number of ether oxygens (including phenoxy) is 1. The molecule has 1 N–H and O–H groups in total. The molecule has 6 heteroatoms. The van der Waals surface area contributed by atoms with Crippen LogP contribution in [0.2, 0.25) is 0 Å². The van der Waals surface area contributed by atoms with Crippen LogP contribution in [0.1, 0.15) is 25.3 Å². The predicted molar refractivity (Wildman–Crippen MR) is 80.4 cm³/mol. The van der Waals surface area contributed by atoms with E-state index in [0.29, 0.717) is 23.5 Å². The normalized spacial score (nSPS) is 15.3. The monoisotopic (exact) mass is 347 g/mol. The van der Waals surface area contributed by atoms with Crippen LogP contribution < -0.4 is 9.46 Å². The quantitative estimate of drug-likeness (QED) is 0.771.